The van der Waals surface area contributed by atoms with E-state index in [1.54, 1.807) is 4.57 Å². The molecule has 228 valence electrons. The fraction of sp³-hybridized carbons (Fsp3) is 0.417. The second-order valence-electron chi connectivity index (χ2n) is 12.1. The van der Waals surface area contributed by atoms with E-state index in [0.29, 0.717) is 36.2 Å². The summed E-state index contributed by atoms with van der Waals surface area (Å²) in [6, 6.07) is 21.1. The van der Waals surface area contributed by atoms with Gasteiger partial charge in [-0.15, -0.1) is 0 Å². The largest absolute Gasteiger partial charge is 0.322 e. The number of benzene rings is 3. The molecular formula is C36H47N5O2. The van der Waals surface area contributed by atoms with Gasteiger partial charge in [-0.3, -0.25) is 9.36 Å². The van der Waals surface area contributed by atoms with E-state index in [4.69, 9.17) is 4.98 Å². The van der Waals surface area contributed by atoms with Gasteiger partial charge in [0.1, 0.15) is 5.82 Å². The Kier molecular flexibility index (Phi) is 10.4. The molecule has 0 saturated heterocycles. The maximum atomic E-state index is 14.4. The van der Waals surface area contributed by atoms with Gasteiger partial charge in [0.05, 0.1) is 22.6 Å². The summed E-state index contributed by atoms with van der Waals surface area (Å²) in [5.41, 5.74) is 5.52. The molecule has 0 radical (unpaired) electrons. The van der Waals surface area contributed by atoms with Gasteiger partial charge in [-0.2, -0.15) is 0 Å². The van der Waals surface area contributed by atoms with Crippen LogP contribution in [-0.4, -0.2) is 52.6 Å². The highest BCUT2D eigenvalue weighted by Crippen LogP contribution is 2.34. The number of nitrogens with one attached hydrogen (secondary N) is 1. The lowest BCUT2D eigenvalue weighted by Crippen LogP contribution is -2.44. The summed E-state index contributed by atoms with van der Waals surface area (Å²) in [4.78, 5) is 37.5. The first kappa shape index (κ1) is 32.0. The number of likely N-dealkylation sites (N-methyl/N-ethyl adjacent to an activating group) is 1. The second-order valence-corrected chi connectivity index (χ2v) is 12.1. The van der Waals surface area contributed by atoms with Crippen LogP contribution in [0.1, 0.15) is 88.4 Å². The first-order valence-electron chi connectivity index (χ1n) is 15.5. The Hall–Kier alpha value is -3.97. The van der Waals surface area contributed by atoms with Gasteiger partial charge in [0.25, 0.3) is 5.56 Å². The quantitative estimate of drug-likeness (QED) is 0.197. The molecule has 4 aromatic rings. The third-order valence-electron chi connectivity index (χ3n) is 8.12. The molecule has 7 nitrogen and oxygen atoms in total. The van der Waals surface area contributed by atoms with Crippen molar-refractivity contribution in [2.75, 3.05) is 32.5 Å². The van der Waals surface area contributed by atoms with E-state index in [0.717, 1.165) is 28.9 Å². The van der Waals surface area contributed by atoms with Gasteiger partial charge in [-0.1, -0.05) is 84.0 Å². The third kappa shape index (κ3) is 6.99. The van der Waals surface area contributed by atoms with E-state index in [9.17, 15) is 9.59 Å². The fourth-order valence-corrected chi connectivity index (χ4v) is 5.63. The highest BCUT2D eigenvalue weighted by Gasteiger charge is 2.30. The summed E-state index contributed by atoms with van der Waals surface area (Å²) in [7, 11) is 4.00. The van der Waals surface area contributed by atoms with E-state index in [2.05, 4.69) is 75.2 Å². The number of nitrogens with zero attached hydrogens (tertiary/aromatic N) is 4. The standard InChI is InChI=1S/C36H47N5O2/c1-9-26-18-20-27(21-19-26)41-34(37-31-17-12-11-14-30(31)35(41)42)32(10-2)40(23-22-39(7)8)36(43)38-33-28(24(3)4)15-13-16-29(33)25(5)6/h11-21,24-25,32H,9-10,22-23H2,1-8H3,(H,38,43). The summed E-state index contributed by atoms with van der Waals surface area (Å²) in [6.07, 6.45) is 1.49. The van der Waals surface area contributed by atoms with Crippen LogP contribution in [0.5, 0.6) is 0 Å². The third-order valence-corrected chi connectivity index (χ3v) is 8.12. The molecule has 1 aromatic heterocycles. The van der Waals surface area contributed by atoms with Gasteiger partial charge in [0, 0.05) is 18.8 Å². The molecule has 1 N–H and O–H groups in total. The van der Waals surface area contributed by atoms with Crippen molar-refractivity contribution in [3.05, 3.63) is 99.6 Å². The molecule has 1 heterocycles. The first-order valence-corrected chi connectivity index (χ1v) is 15.5. The first-order chi connectivity index (χ1) is 20.6. The van der Waals surface area contributed by atoms with Crippen LogP contribution in [0.4, 0.5) is 10.5 Å². The normalized spacial score (nSPS) is 12.3. The summed E-state index contributed by atoms with van der Waals surface area (Å²) < 4.78 is 1.70. The van der Waals surface area contributed by atoms with Gasteiger partial charge in [-0.25, -0.2) is 9.78 Å². The molecule has 43 heavy (non-hydrogen) atoms. The van der Waals surface area contributed by atoms with Crippen molar-refractivity contribution >= 4 is 22.6 Å². The smallest absolute Gasteiger partial charge is 0.313 e. The number of urea groups is 1. The highest BCUT2D eigenvalue weighted by molar-refractivity contribution is 5.92. The Bertz CT molecular complexity index is 1580. The van der Waals surface area contributed by atoms with E-state index in [-0.39, 0.29) is 23.4 Å². The number of amides is 2. The lowest BCUT2D eigenvalue weighted by Gasteiger charge is -2.34. The predicted octanol–water partition coefficient (Wildman–Crippen LogP) is 7.74. The maximum Gasteiger partial charge on any atom is 0.322 e. The zero-order valence-electron chi connectivity index (χ0n) is 27.0. The maximum absolute atomic E-state index is 14.4. The minimum Gasteiger partial charge on any atom is -0.313 e. The van der Waals surface area contributed by atoms with Crippen molar-refractivity contribution in [1.82, 2.24) is 19.4 Å². The number of carbonyl (C=O) groups excluding carboxylic acids is 1. The molecule has 0 spiro atoms. The molecule has 0 aliphatic carbocycles. The number of aryl methyl sites for hydroxylation is 1. The Morgan fingerprint density at radius 3 is 2.05 bits per heavy atom. The minimum absolute atomic E-state index is 0.136. The van der Waals surface area contributed by atoms with E-state index in [1.165, 1.54) is 5.56 Å². The molecule has 0 aliphatic heterocycles. The number of aromatic nitrogens is 2. The van der Waals surface area contributed by atoms with Crippen LogP contribution in [0.25, 0.3) is 16.6 Å². The number of anilines is 1. The van der Waals surface area contributed by atoms with Crippen LogP contribution in [-0.2, 0) is 6.42 Å². The Balaban J connectivity index is 1.90. The molecular weight excluding hydrogens is 534 g/mol. The van der Waals surface area contributed by atoms with Crippen molar-refractivity contribution in [3.63, 3.8) is 0 Å². The SMILES string of the molecule is CCc1ccc(-n2c(C(CC)N(CCN(C)C)C(=O)Nc3c(C(C)C)cccc3C(C)C)nc3ccccc3c2=O)cc1. The van der Waals surface area contributed by atoms with Gasteiger partial charge in [-0.05, 0) is 79.7 Å². The van der Waals surface area contributed by atoms with Crippen molar-refractivity contribution in [2.24, 2.45) is 0 Å². The van der Waals surface area contributed by atoms with Crippen LogP contribution in [0.3, 0.4) is 0 Å². The minimum atomic E-state index is -0.447. The summed E-state index contributed by atoms with van der Waals surface area (Å²) >= 11 is 0. The number of fused-ring (bicyclic) bond motifs is 1. The molecule has 0 bridgehead atoms. The second kappa shape index (κ2) is 14.0. The molecule has 1 atom stereocenters. The average Bonchev–Trinajstić information content (AvgIpc) is 2.99. The Labute approximate surface area is 256 Å². The van der Waals surface area contributed by atoms with Crippen molar-refractivity contribution in [1.29, 1.82) is 0 Å². The van der Waals surface area contributed by atoms with E-state index >= 15 is 0 Å². The zero-order chi connectivity index (χ0) is 31.3. The number of hydrogen-bond acceptors (Lipinski definition) is 4. The van der Waals surface area contributed by atoms with Crippen LogP contribution in [0, 0.1) is 0 Å². The molecule has 0 fully saturated rings. The molecule has 3 aromatic carbocycles. The highest BCUT2D eigenvalue weighted by atomic mass is 16.2. The monoisotopic (exact) mass is 581 g/mol. The van der Waals surface area contributed by atoms with Crippen LogP contribution in [0.2, 0.25) is 0 Å². The lowest BCUT2D eigenvalue weighted by molar-refractivity contribution is 0.173. The van der Waals surface area contributed by atoms with E-state index < -0.39 is 6.04 Å². The van der Waals surface area contributed by atoms with Gasteiger partial charge in [0.2, 0.25) is 0 Å². The number of carbonyl (C=O) groups is 1. The van der Waals surface area contributed by atoms with Crippen molar-refractivity contribution < 1.29 is 4.79 Å². The van der Waals surface area contributed by atoms with E-state index in [1.807, 2.05) is 62.3 Å². The van der Waals surface area contributed by atoms with Crippen LogP contribution < -0.4 is 10.9 Å². The molecule has 0 aliphatic rings. The Morgan fingerprint density at radius 2 is 1.49 bits per heavy atom. The molecule has 7 heteroatoms. The number of rotatable bonds is 11. The van der Waals surface area contributed by atoms with Gasteiger partial charge < -0.3 is 15.1 Å². The van der Waals surface area contributed by atoms with Crippen molar-refractivity contribution in [2.45, 2.75) is 72.3 Å². The predicted molar refractivity (Wildman–Crippen MR) is 179 cm³/mol. The summed E-state index contributed by atoms with van der Waals surface area (Å²) in [5, 5.41) is 3.88. The summed E-state index contributed by atoms with van der Waals surface area (Å²) in [6.45, 7) is 13.9. The molecule has 4 rings (SSSR count). The topological polar surface area (TPSA) is 70.5 Å². The lowest BCUT2D eigenvalue weighted by atomic mass is 9.92. The van der Waals surface area contributed by atoms with Gasteiger partial charge >= 0.3 is 6.03 Å². The average molecular weight is 582 g/mol. The Morgan fingerprint density at radius 1 is 0.860 bits per heavy atom. The van der Waals surface area contributed by atoms with Crippen LogP contribution >= 0.6 is 0 Å². The number of hydrogen-bond donors (Lipinski definition) is 1. The summed E-state index contributed by atoms with van der Waals surface area (Å²) in [5.74, 6) is 1.04. The van der Waals surface area contributed by atoms with Crippen molar-refractivity contribution in [3.8, 4) is 5.69 Å². The number of para-hydroxylation sites is 2. The molecule has 2 amide bonds. The fourth-order valence-electron chi connectivity index (χ4n) is 5.63. The molecule has 1 unspecified atom stereocenters. The van der Waals surface area contributed by atoms with Gasteiger partial charge in [0.15, 0.2) is 0 Å². The zero-order valence-corrected chi connectivity index (χ0v) is 27.0. The molecule has 0 saturated carbocycles. The van der Waals surface area contributed by atoms with Crippen LogP contribution in [0.15, 0.2) is 71.5 Å².